The number of azide groups is 1. The number of rotatable bonds is 20. The van der Waals surface area contributed by atoms with E-state index >= 15 is 0 Å². The molecule has 2 amide bonds. The molecule has 0 bridgehead atoms. The van der Waals surface area contributed by atoms with Gasteiger partial charge in [0, 0.05) is 17.9 Å². The van der Waals surface area contributed by atoms with Gasteiger partial charge in [-0.3, -0.25) is 9.59 Å². The van der Waals surface area contributed by atoms with Gasteiger partial charge in [0.1, 0.15) is 0 Å². The number of nitrogens with zero attached hydrogens (tertiary/aromatic N) is 3. The monoisotopic (exact) mass is 391 g/mol. The van der Waals surface area contributed by atoms with E-state index in [0.29, 0.717) is 66.0 Å². The van der Waals surface area contributed by atoms with E-state index in [4.69, 9.17) is 34.9 Å². The van der Waals surface area contributed by atoms with E-state index < -0.39 is 5.91 Å². The first-order valence-corrected chi connectivity index (χ1v) is 8.61. The van der Waals surface area contributed by atoms with Gasteiger partial charge in [-0.2, -0.15) is 0 Å². The van der Waals surface area contributed by atoms with Crippen molar-refractivity contribution < 1.29 is 33.3 Å². The van der Waals surface area contributed by atoms with Crippen LogP contribution >= 0.6 is 0 Å². The largest absolute Gasteiger partial charge is 0.379 e. The third-order valence-corrected chi connectivity index (χ3v) is 2.82. The summed E-state index contributed by atoms with van der Waals surface area (Å²) in [6, 6.07) is 0. The maximum atomic E-state index is 11.2. The van der Waals surface area contributed by atoms with Crippen LogP contribution in [0.3, 0.4) is 0 Å². The zero-order chi connectivity index (χ0) is 20.0. The van der Waals surface area contributed by atoms with Gasteiger partial charge >= 0.3 is 0 Å². The molecule has 0 saturated heterocycles. The minimum Gasteiger partial charge on any atom is -0.379 e. The lowest BCUT2D eigenvalue weighted by molar-refractivity contribution is -0.125. The Hall–Kier alpha value is -1.95. The van der Waals surface area contributed by atoms with Crippen molar-refractivity contribution in [3.05, 3.63) is 10.4 Å². The first-order chi connectivity index (χ1) is 13.2. The van der Waals surface area contributed by atoms with E-state index in [0.717, 1.165) is 0 Å². The molecule has 3 N–H and O–H groups in total. The second-order valence-corrected chi connectivity index (χ2v) is 5.01. The van der Waals surface area contributed by atoms with E-state index in [1.807, 2.05) is 0 Å². The van der Waals surface area contributed by atoms with Crippen LogP contribution in [0.15, 0.2) is 5.11 Å². The molecule has 0 aliphatic heterocycles. The summed E-state index contributed by atoms with van der Waals surface area (Å²) in [6.07, 6.45) is 0.162. The van der Waals surface area contributed by atoms with Crippen molar-refractivity contribution in [3.8, 4) is 0 Å². The molecule has 156 valence electrons. The summed E-state index contributed by atoms with van der Waals surface area (Å²) in [5.41, 5.74) is 13.0. The lowest BCUT2D eigenvalue weighted by atomic mass is 10.4. The molecule has 0 heterocycles. The molecule has 0 atom stereocenters. The molecule has 0 fully saturated rings. The maximum absolute atomic E-state index is 11.2. The molecule has 0 rings (SSSR count). The fourth-order valence-corrected chi connectivity index (χ4v) is 1.57. The molecule has 27 heavy (non-hydrogen) atoms. The van der Waals surface area contributed by atoms with Crippen LogP contribution in [-0.4, -0.2) is 91.0 Å². The Morgan fingerprint density at radius 2 is 1.26 bits per heavy atom. The zero-order valence-corrected chi connectivity index (χ0v) is 15.5. The molecule has 12 nitrogen and oxygen atoms in total. The summed E-state index contributed by atoms with van der Waals surface area (Å²) < 4.78 is 26.3. The Balaban J connectivity index is 3.11. The number of nitrogens with one attached hydrogen (secondary N) is 1. The van der Waals surface area contributed by atoms with Crippen LogP contribution in [0.5, 0.6) is 0 Å². The van der Waals surface area contributed by atoms with Crippen molar-refractivity contribution in [3.63, 3.8) is 0 Å². The van der Waals surface area contributed by atoms with Crippen LogP contribution in [0.1, 0.15) is 6.42 Å². The van der Waals surface area contributed by atoms with Crippen LogP contribution in [0.2, 0.25) is 0 Å². The zero-order valence-electron chi connectivity index (χ0n) is 15.5. The summed E-state index contributed by atoms with van der Waals surface area (Å²) in [5, 5.41) is 5.70. The van der Waals surface area contributed by atoms with Gasteiger partial charge in [-0.25, -0.2) is 0 Å². The average molecular weight is 391 g/mol. The highest BCUT2D eigenvalue weighted by Crippen LogP contribution is 1.86. The summed E-state index contributed by atoms with van der Waals surface area (Å²) in [4.78, 5) is 24.3. The molecule has 0 saturated carbocycles. The van der Waals surface area contributed by atoms with Crippen molar-refractivity contribution >= 4 is 11.8 Å². The minimum absolute atomic E-state index is 0.162. The molecule has 0 aromatic rings. The summed E-state index contributed by atoms with van der Waals surface area (Å²) in [7, 11) is 0. The number of ether oxygens (including phenoxy) is 5. The molecule has 0 aliphatic rings. The predicted molar refractivity (Wildman–Crippen MR) is 94.9 cm³/mol. The molecular weight excluding hydrogens is 362 g/mol. The number of carbonyl (C=O) groups excluding carboxylic acids is 2. The van der Waals surface area contributed by atoms with E-state index in [1.54, 1.807) is 0 Å². The van der Waals surface area contributed by atoms with Crippen molar-refractivity contribution in [1.29, 1.82) is 0 Å². The Morgan fingerprint density at radius 1 is 0.815 bits per heavy atom. The van der Waals surface area contributed by atoms with Gasteiger partial charge in [-0.05, 0) is 5.53 Å². The fourth-order valence-electron chi connectivity index (χ4n) is 1.57. The first-order valence-electron chi connectivity index (χ1n) is 8.61. The average Bonchev–Trinajstić information content (AvgIpc) is 2.65. The van der Waals surface area contributed by atoms with Crippen molar-refractivity contribution in [2.75, 3.05) is 79.2 Å². The van der Waals surface area contributed by atoms with Crippen LogP contribution in [0, 0.1) is 0 Å². The second kappa shape index (κ2) is 20.4. The highest BCUT2D eigenvalue weighted by molar-refractivity contribution is 5.83. The Labute approximate surface area is 158 Å². The van der Waals surface area contributed by atoms with Crippen molar-refractivity contribution in [2.24, 2.45) is 10.8 Å². The number of carbonyl (C=O) groups is 2. The van der Waals surface area contributed by atoms with Crippen molar-refractivity contribution in [2.45, 2.75) is 6.42 Å². The highest BCUT2D eigenvalue weighted by atomic mass is 16.6. The SMILES string of the molecule is [N-]=[N+]=NCCOCCOCCOCCOCCOCCC(=O)NCC(N)=O. The number of hydrogen-bond acceptors (Lipinski definition) is 8. The minimum atomic E-state index is -0.584. The lowest BCUT2D eigenvalue weighted by Gasteiger charge is -2.08. The third kappa shape index (κ3) is 22.0. The van der Waals surface area contributed by atoms with Crippen LogP contribution in [-0.2, 0) is 33.3 Å². The lowest BCUT2D eigenvalue weighted by Crippen LogP contribution is -2.33. The molecule has 0 spiro atoms. The first kappa shape index (κ1) is 25.1. The smallest absolute Gasteiger partial charge is 0.236 e. The molecule has 0 aromatic carbocycles. The Morgan fingerprint density at radius 3 is 1.70 bits per heavy atom. The second-order valence-electron chi connectivity index (χ2n) is 5.01. The molecule has 12 heteroatoms. The molecule has 0 aromatic heterocycles. The standard InChI is InChI=1S/C15H29N5O7/c16-14(21)13-18-15(22)1-3-23-5-7-25-9-11-27-12-10-26-8-6-24-4-2-19-20-17/h1-13H2,(H2,16,21)(H,18,22). The molecule has 0 aliphatic carbocycles. The fraction of sp³-hybridized carbons (Fsp3) is 0.867. The third-order valence-electron chi connectivity index (χ3n) is 2.82. The number of primary amides is 1. The van der Waals surface area contributed by atoms with Crippen LogP contribution in [0.4, 0.5) is 0 Å². The molecule has 0 unspecified atom stereocenters. The normalized spacial score (nSPS) is 10.4. The van der Waals surface area contributed by atoms with Gasteiger partial charge in [0.2, 0.25) is 11.8 Å². The highest BCUT2D eigenvalue weighted by Gasteiger charge is 2.02. The Kier molecular flexibility index (Phi) is 18.9. The van der Waals surface area contributed by atoms with Gasteiger partial charge < -0.3 is 34.7 Å². The predicted octanol–water partition coefficient (Wildman–Crippen LogP) is -0.629. The van der Waals surface area contributed by atoms with Crippen LogP contribution < -0.4 is 11.1 Å². The number of nitrogens with two attached hydrogens (primary N) is 1. The van der Waals surface area contributed by atoms with Gasteiger partial charge in [-0.15, -0.1) is 0 Å². The van der Waals surface area contributed by atoms with E-state index in [9.17, 15) is 9.59 Å². The van der Waals surface area contributed by atoms with Gasteiger partial charge in [-0.1, -0.05) is 5.11 Å². The van der Waals surface area contributed by atoms with E-state index in [-0.39, 0.29) is 25.5 Å². The quantitative estimate of drug-likeness (QED) is 0.121. The summed E-state index contributed by atoms with van der Waals surface area (Å²) >= 11 is 0. The molecular formula is C15H29N5O7. The van der Waals surface area contributed by atoms with Gasteiger partial charge in [0.05, 0.1) is 72.6 Å². The van der Waals surface area contributed by atoms with E-state index in [2.05, 4.69) is 15.3 Å². The van der Waals surface area contributed by atoms with Crippen LogP contribution in [0.25, 0.3) is 10.4 Å². The summed E-state index contributed by atoms with van der Waals surface area (Å²) in [5.74, 6) is -0.871. The Bertz CT molecular complexity index is 433. The van der Waals surface area contributed by atoms with Crippen molar-refractivity contribution in [1.82, 2.24) is 5.32 Å². The maximum Gasteiger partial charge on any atom is 0.236 e. The van der Waals surface area contributed by atoms with Gasteiger partial charge in [0.15, 0.2) is 0 Å². The van der Waals surface area contributed by atoms with Gasteiger partial charge in [0.25, 0.3) is 0 Å². The topological polar surface area (TPSA) is 167 Å². The number of amides is 2. The van der Waals surface area contributed by atoms with E-state index in [1.165, 1.54) is 0 Å². The molecule has 0 radical (unpaired) electrons. The number of hydrogen-bond donors (Lipinski definition) is 2. The summed E-state index contributed by atoms with van der Waals surface area (Å²) in [6.45, 7) is 4.24.